The third kappa shape index (κ3) is 5.88. The molecule has 0 aliphatic rings. The van der Waals surface area contributed by atoms with Crippen molar-refractivity contribution in [2.24, 2.45) is 0 Å². The van der Waals surface area contributed by atoms with Crippen LogP contribution in [0.25, 0.3) is 0 Å². The molecular weight excluding hydrogens is 397 g/mol. The predicted octanol–water partition coefficient (Wildman–Crippen LogP) is 1.83. The SMILES string of the molecule is C=CC[NH+](C)CC=C.O=S(=O)([O-])C(F)(F)C(F)(F)C(F)(F)C(F)(F)F. The number of rotatable bonds is 7. The molecule has 4 nitrogen and oxygen atoms in total. The molecule has 0 bridgehead atoms. The Balaban J connectivity index is 0. The van der Waals surface area contributed by atoms with Crippen LogP contribution in [0.1, 0.15) is 0 Å². The van der Waals surface area contributed by atoms with Crippen molar-refractivity contribution < 1.29 is 57.4 Å². The van der Waals surface area contributed by atoms with Crippen LogP contribution >= 0.6 is 0 Å². The monoisotopic (exact) mass is 411 g/mol. The molecule has 0 spiro atoms. The molecule has 0 atom stereocenters. The molecule has 0 aliphatic carbocycles. The second-order valence-electron chi connectivity index (χ2n) is 4.56. The summed E-state index contributed by atoms with van der Waals surface area (Å²) in [6, 6.07) is 0. The van der Waals surface area contributed by atoms with Crippen LogP contribution in [0.5, 0.6) is 0 Å². The number of halogens is 9. The average molecular weight is 411 g/mol. The third-order valence-corrected chi connectivity index (χ3v) is 3.30. The van der Waals surface area contributed by atoms with Gasteiger partial charge in [0, 0.05) is 0 Å². The normalized spacial score (nSPS) is 13.9. The summed E-state index contributed by atoms with van der Waals surface area (Å²) in [5.74, 6) is -14.8. The fraction of sp³-hybridized carbons (Fsp3) is 0.636. The van der Waals surface area contributed by atoms with Gasteiger partial charge >= 0.3 is 23.3 Å². The summed E-state index contributed by atoms with van der Waals surface area (Å²) in [5, 5.41) is -7.11. The Kier molecular flexibility index (Phi) is 8.72. The highest BCUT2D eigenvalue weighted by molar-refractivity contribution is 7.86. The Morgan fingerprint density at radius 3 is 1.40 bits per heavy atom. The molecule has 0 saturated heterocycles. The molecule has 0 aliphatic heterocycles. The minimum Gasteiger partial charge on any atom is -0.743 e. The fourth-order valence-corrected chi connectivity index (χ4v) is 1.54. The van der Waals surface area contributed by atoms with E-state index < -0.39 is 33.4 Å². The van der Waals surface area contributed by atoms with Gasteiger partial charge in [-0.2, -0.15) is 39.5 Å². The van der Waals surface area contributed by atoms with Crippen LogP contribution in [-0.4, -0.2) is 56.4 Å². The standard InChI is InChI=1S/C7H13N.C4HF9O3S/c1-4-6-8(3)7-5-2;5-1(6,3(9,10)11)2(7,8)4(12,13)17(14,15)16/h4-5H,1-2,6-7H2,3H3;(H,14,15,16). The second kappa shape index (κ2) is 8.40. The molecule has 0 aromatic heterocycles. The van der Waals surface area contributed by atoms with E-state index in [0.717, 1.165) is 13.1 Å². The molecule has 0 saturated carbocycles. The van der Waals surface area contributed by atoms with E-state index in [2.05, 4.69) is 20.2 Å². The number of hydrogen-bond acceptors (Lipinski definition) is 3. The summed E-state index contributed by atoms with van der Waals surface area (Å²) < 4.78 is 135. The number of likely N-dealkylation sites (N-methyl/N-ethyl adjacent to an activating group) is 1. The second-order valence-corrected chi connectivity index (χ2v) is 5.98. The largest absolute Gasteiger partial charge is 0.743 e. The van der Waals surface area contributed by atoms with E-state index in [9.17, 15) is 52.5 Å². The molecular formula is C11H14F9NO3S. The fourth-order valence-electron chi connectivity index (χ4n) is 1.09. The Bertz CT molecular complexity index is 548. The first-order chi connectivity index (χ1) is 10.8. The molecule has 0 amide bonds. The zero-order valence-corrected chi connectivity index (χ0v) is 13.3. The summed E-state index contributed by atoms with van der Waals surface area (Å²) >= 11 is 0. The lowest BCUT2D eigenvalue weighted by molar-refractivity contribution is -0.866. The lowest BCUT2D eigenvalue weighted by Gasteiger charge is -2.34. The van der Waals surface area contributed by atoms with Crippen LogP contribution in [0.15, 0.2) is 25.3 Å². The van der Waals surface area contributed by atoms with Gasteiger partial charge in [0.15, 0.2) is 10.1 Å². The molecule has 25 heavy (non-hydrogen) atoms. The highest BCUT2D eigenvalue weighted by atomic mass is 32.2. The number of quaternary nitrogens is 1. The first kappa shape index (κ1) is 26.0. The van der Waals surface area contributed by atoms with Crippen molar-refractivity contribution in [2.45, 2.75) is 23.3 Å². The maximum atomic E-state index is 12.2. The van der Waals surface area contributed by atoms with Crippen LogP contribution in [0.3, 0.4) is 0 Å². The van der Waals surface area contributed by atoms with Crippen LogP contribution in [0.2, 0.25) is 0 Å². The Morgan fingerprint density at radius 2 is 1.20 bits per heavy atom. The summed E-state index contributed by atoms with van der Waals surface area (Å²) in [7, 11) is -5.30. The summed E-state index contributed by atoms with van der Waals surface area (Å²) in [6.45, 7) is 9.30. The average Bonchev–Trinajstić information content (AvgIpc) is 2.36. The van der Waals surface area contributed by atoms with Crippen molar-refractivity contribution in [1.29, 1.82) is 0 Å². The smallest absolute Gasteiger partial charge is 0.460 e. The van der Waals surface area contributed by atoms with Crippen molar-refractivity contribution in [3.8, 4) is 0 Å². The van der Waals surface area contributed by atoms with Crippen molar-refractivity contribution in [2.75, 3.05) is 20.1 Å². The lowest BCUT2D eigenvalue weighted by Crippen LogP contribution is -3.08. The van der Waals surface area contributed by atoms with E-state index in [1.807, 2.05) is 12.2 Å². The maximum absolute atomic E-state index is 12.2. The van der Waals surface area contributed by atoms with Crippen molar-refractivity contribution in [3.05, 3.63) is 25.3 Å². The van der Waals surface area contributed by atoms with Crippen molar-refractivity contribution in [1.82, 2.24) is 0 Å². The maximum Gasteiger partial charge on any atom is 0.460 e. The van der Waals surface area contributed by atoms with Crippen molar-refractivity contribution in [3.63, 3.8) is 0 Å². The topological polar surface area (TPSA) is 61.6 Å². The number of alkyl halides is 9. The van der Waals surface area contributed by atoms with Crippen LogP contribution in [-0.2, 0) is 10.1 Å². The van der Waals surface area contributed by atoms with E-state index >= 15 is 0 Å². The summed E-state index contributed by atoms with van der Waals surface area (Å²) in [5.41, 5.74) is 0. The van der Waals surface area contributed by atoms with Gasteiger partial charge in [-0.3, -0.25) is 0 Å². The van der Waals surface area contributed by atoms with Gasteiger partial charge in [-0.15, -0.1) is 0 Å². The van der Waals surface area contributed by atoms with Crippen molar-refractivity contribution >= 4 is 10.1 Å². The van der Waals surface area contributed by atoms with Gasteiger partial charge in [-0.25, -0.2) is 8.42 Å². The molecule has 0 rings (SSSR count). The quantitative estimate of drug-likeness (QED) is 0.395. The highest BCUT2D eigenvalue weighted by Gasteiger charge is 2.83. The molecule has 0 aromatic carbocycles. The summed E-state index contributed by atoms with van der Waals surface area (Å²) in [4.78, 5) is 1.43. The van der Waals surface area contributed by atoms with Gasteiger partial charge < -0.3 is 9.45 Å². The van der Waals surface area contributed by atoms with Gasteiger partial charge in [0.1, 0.15) is 0 Å². The van der Waals surface area contributed by atoms with E-state index in [0.29, 0.717) is 0 Å². The Labute approximate surface area is 137 Å². The minimum atomic E-state index is -7.43. The first-order valence-electron chi connectivity index (χ1n) is 6.00. The first-order valence-corrected chi connectivity index (χ1v) is 7.40. The van der Waals surface area contributed by atoms with E-state index in [-0.39, 0.29) is 0 Å². The molecule has 0 fully saturated rings. The van der Waals surface area contributed by atoms with Gasteiger partial charge in [-0.1, -0.05) is 13.2 Å². The van der Waals surface area contributed by atoms with Crippen LogP contribution < -0.4 is 4.90 Å². The van der Waals surface area contributed by atoms with Gasteiger partial charge in [0.05, 0.1) is 20.1 Å². The molecule has 0 radical (unpaired) electrons. The third-order valence-electron chi connectivity index (χ3n) is 2.42. The van der Waals surface area contributed by atoms with Crippen LogP contribution in [0, 0.1) is 0 Å². The van der Waals surface area contributed by atoms with Gasteiger partial charge in [-0.05, 0) is 12.2 Å². The van der Waals surface area contributed by atoms with E-state index in [4.69, 9.17) is 0 Å². The number of hydrogen-bond donors (Lipinski definition) is 1. The molecule has 14 heteroatoms. The molecule has 1 N–H and O–H groups in total. The van der Waals surface area contributed by atoms with E-state index in [1.54, 1.807) is 0 Å². The van der Waals surface area contributed by atoms with Crippen LogP contribution in [0.4, 0.5) is 39.5 Å². The van der Waals surface area contributed by atoms with Gasteiger partial charge in [0.2, 0.25) is 0 Å². The number of nitrogens with one attached hydrogen (secondary N) is 1. The predicted molar refractivity (Wildman–Crippen MR) is 67.6 cm³/mol. The molecule has 0 heterocycles. The Morgan fingerprint density at radius 1 is 0.880 bits per heavy atom. The Hall–Kier alpha value is -1.28. The zero-order chi connectivity index (χ0) is 20.9. The summed E-state index contributed by atoms with van der Waals surface area (Å²) in [6.07, 6.45) is -3.33. The molecule has 150 valence electrons. The van der Waals surface area contributed by atoms with Gasteiger partial charge in [0.25, 0.3) is 0 Å². The zero-order valence-electron chi connectivity index (χ0n) is 12.5. The molecule has 0 aromatic rings. The highest BCUT2D eigenvalue weighted by Crippen LogP contribution is 2.54. The van der Waals surface area contributed by atoms with E-state index in [1.165, 1.54) is 4.90 Å². The molecule has 0 unspecified atom stereocenters. The minimum absolute atomic E-state index is 1.02. The lowest BCUT2D eigenvalue weighted by atomic mass is 10.1.